The number of methoxy groups -OCH3 is 1. The van der Waals surface area contributed by atoms with Gasteiger partial charge in [-0.15, -0.1) is 0 Å². The molecule has 2 aromatic rings. The van der Waals surface area contributed by atoms with Crippen molar-refractivity contribution in [2.45, 2.75) is 46.7 Å². The average Bonchev–Trinajstić information content (AvgIpc) is 3.06. The van der Waals surface area contributed by atoms with Gasteiger partial charge >= 0.3 is 0 Å². The van der Waals surface area contributed by atoms with Crippen molar-refractivity contribution in [2.24, 2.45) is 4.99 Å². The topological polar surface area (TPSA) is 71.7 Å². The van der Waals surface area contributed by atoms with E-state index in [1.165, 1.54) is 0 Å². The zero-order chi connectivity index (χ0) is 18.1. The summed E-state index contributed by atoms with van der Waals surface area (Å²) in [6.07, 6.45) is 1.69. The van der Waals surface area contributed by atoms with Crippen LogP contribution in [0.5, 0.6) is 5.75 Å². The van der Waals surface area contributed by atoms with Crippen LogP contribution in [0, 0.1) is 0 Å². The average molecular weight is 344 g/mol. The normalized spacial score (nSPS) is 11.4. The fraction of sp³-hybridized carbons (Fsp3) is 0.474. The molecule has 0 saturated heterocycles. The molecule has 25 heavy (non-hydrogen) atoms. The molecular formula is C19H28N4O2. The van der Waals surface area contributed by atoms with Crippen LogP contribution < -0.4 is 15.4 Å². The zero-order valence-corrected chi connectivity index (χ0v) is 15.6. The number of aliphatic imine (C=N–C) groups is 1. The number of benzene rings is 1. The smallest absolute Gasteiger partial charge is 0.191 e. The van der Waals surface area contributed by atoms with E-state index in [0.717, 1.165) is 53.7 Å². The summed E-state index contributed by atoms with van der Waals surface area (Å²) in [7, 11) is 1.67. The molecule has 6 heteroatoms. The number of hydrogen-bond donors (Lipinski definition) is 2. The fourth-order valence-corrected chi connectivity index (χ4v) is 2.59. The molecule has 2 N–H and O–H groups in total. The Hall–Kier alpha value is -2.50. The standard InChI is InChI=1S/C19H28N4O2/c1-5-17-16(18(6-2)25-23-17)13-22-19(20-7-3)21-12-14-9-8-10-15(11-14)24-4/h8-11H,5-7,12-13H2,1-4H3,(H2,20,21,22). The summed E-state index contributed by atoms with van der Waals surface area (Å²) in [6, 6.07) is 7.95. The number of guanidine groups is 1. The lowest BCUT2D eigenvalue weighted by Crippen LogP contribution is -2.37. The summed E-state index contributed by atoms with van der Waals surface area (Å²) in [5.74, 6) is 2.55. The molecule has 0 saturated carbocycles. The van der Waals surface area contributed by atoms with Crippen LogP contribution in [-0.4, -0.2) is 24.8 Å². The van der Waals surface area contributed by atoms with Crippen LogP contribution in [0.4, 0.5) is 0 Å². The first kappa shape index (κ1) is 18.8. The molecule has 0 bridgehead atoms. The van der Waals surface area contributed by atoms with Gasteiger partial charge in [-0.2, -0.15) is 0 Å². The van der Waals surface area contributed by atoms with E-state index in [9.17, 15) is 0 Å². The van der Waals surface area contributed by atoms with Crippen LogP contribution in [0.1, 0.15) is 43.4 Å². The summed E-state index contributed by atoms with van der Waals surface area (Å²) in [4.78, 5) is 4.66. The molecule has 0 spiro atoms. The van der Waals surface area contributed by atoms with Gasteiger partial charge in [0.05, 0.1) is 19.3 Å². The Morgan fingerprint density at radius 1 is 1.20 bits per heavy atom. The Morgan fingerprint density at radius 3 is 2.72 bits per heavy atom. The Balaban J connectivity index is 2.06. The predicted molar refractivity (Wildman–Crippen MR) is 99.9 cm³/mol. The van der Waals surface area contributed by atoms with Crippen molar-refractivity contribution in [3.05, 3.63) is 46.8 Å². The first-order chi connectivity index (χ1) is 12.2. The third kappa shape index (κ3) is 5.24. The molecule has 0 unspecified atom stereocenters. The van der Waals surface area contributed by atoms with Crippen molar-refractivity contribution in [3.8, 4) is 5.75 Å². The molecule has 0 amide bonds. The third-order valence-corrected chi connectivity index (χ3v) is 3.94. The van der Waals surface area contributed by atoms with Gasteiger partial charge in [-0.3, -0.25) is 0 Å². The van der Waals surface area contributed by atoms with Crippen molar-refractivity contribution in [1.82, 2.24) is 15.8 Å². The number of ether oxygens (including phenoxy) is 1. The molecule has 6 nitrogen and oxygen atoms in total. The van der Waals surface area contributed by atoms with Gasteiger partial charge in [0.1, 0.15) is 11.5 Å². The summed E-state index contributed by atoms with van der Waals surface area (Å²) < 4.78 is 10.7. The highest BCUT2D eigenvalue weighted by atomic mass is 16.5. The minimum absolute atomic E-state index is 0.581. The Labute approximate surface area is 149 Å². The lowest BCUT2D eigenvalue weighted by Gasteiger charge is -2.12. The van der Waals surface area contributed by atoms with E-state index in [4.69, 9.17) is 9.26 Å². The minimum Gasteiger partial charge on any atom is -0.497 e. The van der Waals surface area contributed by atoms with Gasteiger partial charge in [-0.1, -0.05) is 31.1 Å². The molecule has 1 heterocycles. The van der Waals surface area contributed by atoms with E-state index in [-0.39, 0.29) is 0 Å². The van der Waals surface area contributed by atoms with Crippen LogP contribution >= 0.6 is 0 Å². The number of hydrogen-bond acceptors (Lipinski definition) is 4. The highest BCUT2D eigenvalue weighted by Crippen LogP contribution is 2.16. The maximum Gasteiger partial charge on any atom is 0.191 e. The van der Waals surface area contributed by atoms with Gasteiger partial charge < -0.3 is 19.9 Å². The lowest BCUT2D eigenvalue weighted by atomic mass is 10.1. The van der Waals surface area contributed by atoms with Crippen LogP contribution in [0.15, 0.2) is 33.8 Å². The number of rotatable bonds is 8. The lowest BCUT2D eigenvalue weighted by molar-refractivity contribution is 0.380. The van der Waals surface area contributed by atoms with Crippen LogP contribution in [0.2, 0.25) is 0 Å². The van der Waals surface area contributed by atoms with Gasteiger partial charge in [0.25, 0.3) is 0 Å². The fourth-order valence-electron chi connectivity index (χ4n) is 2.59. The summed E-state index contributed by atoms with van der Waals surface area (Å²) in [5.41, 5.74) is 3.25. The van der Waals surface area contributed by atoms with Crippen molar-refractivity contribution >= 4 is 5.96 Å². The Bertz CT molecular complexity index is 673. The molecule has 0 radical (unpaired) electrons. The first-order valence-electron chi connectivity index (χ1n) is 8.83. The van der Waals surface area contributed by atoms with Crippen molar-refractivity contribution < 1.29 is 9.26 Å². The van der Waals surface area contributed by atoms with Gasteiger partial charge in [0.15, 0.2) is 5.96 Å². The molecule has 0 aliphatic carbocycles. The number of nitrogens with one attached hydrogen (secondary N) is 2. The third-order valence-electron chi connectivity index (χ3n) is 3.94. The predicted octanol–water partition coefficient (Wildman–Crippen LogP) is 3.06. The van der Waals surface area contributed by atoms with E-state index in [1.54, 1.807) is 7.11 Å². The molecular weight excluding hydrogens is 316 g/mol. The van der Waals surface area contributed by atoms with Gasteiger partial charge in [0.2, 0.25) is 0 Å². The van der Waals surface area contributed by atoms with Crippen molar-refractivity contribution in [3.63, 3.8) is 0 Å². The van der Waals surface area contributed by atoms with Crippen molar-refractivity contribution in [1.29, 1.82) is 0 Å². The Morgan fingerprint density at radius 2 is 2.04 bits per heavy atom. The van der Waals surface area contributed by atoms with Crippen molar-refractivity contribution in [2.75, 3.05) is 13.7 Å². The van der Waals surface area contributed by atoms with Crippen LogP contribution in [0.3, 0.4) is 0 Å². The monoisotopic (exact) mass is 344 g/mol. The first-order valence-corrected chi connectivity index (χ1v) is 8.83. The molecule has 0 fully saturated rings. The molecule has 0 atom stereocenters. The number of nitrogens with zero attached hydrogens (tertiary/aromatic N) is 2. The van der Waals surface area contributed by atoms with E-state index in [0.29, 0.717) is 13.1 Å². The van der Waals surface area contributed by atoms with E-state index >= 15 is 0 Å². The number of aryl methyl sites for hydroxylation is 2. The van der Waals surface area contributed by atoms with E-state index in [1.807, 2.05) is 24.3 Å². The maximum atomic E-state index is 5.42. The Kier molecular flexibility index (Phi) is 7.32. The van der Waals surface area contributed by atoms with Gasteiger partial charge in [0, 0.05) is 25.1 Å². The molecule has 0 aliphatic rings. The second-order valence-corrected chi connectivity index (χ2v) is 5.64. The SMILES string of the molecule is CCNC(=NCc1cccc(OC)c1)NCc1c(CC)noc1CC. The van der Waals surface area contributed by atoms with Crippen LogP contribution in [0.25, 0.3) is 0 Å². The second kappa shape index (κ2) is 9.71. The second-order valence-electron chi connectivity index (χ2n) is 5.64. The van der Waals surface area contributed by atoms with Gasteiger partial charge in [-0.05, 0) is 31.0 Å². The highest BCUT2D eigenvalue weighted by molar-refractivity contribution is 5.79. The minimum atomic E-state index is 0.581. The summed E-state index contributed by atoms with van der Waals surface area (Å²) >= 11 is 0. The zero-order valence-electron chi connectivity index (χ0n) is 15.6. The molecule has 2 rings (SSSR count). The van der Waals surface area contributed by atoms with Crippen LogP contribution in [-0.2, 0) is 25.9 Å². The molecule has 1 aromatic heterocycles. The summed E-state index contributed by atoms with van der Waals surface area (Å²) in [6.45, 7) is 8.25. The maximum absolute atomic E-state index is 5.42. The molecule has 1 aromatic carbocycles. The molecule has 0 aliphatic heterocycles. The van der Waals surface area contributed by atoms with E-state index in [2.05, 4.69) is 41.6 Å². The largest absolute Gasteiger partial charge is 0.497 e. The van der Waals surface area contributed by atoms with E-state index < -0.39 is 0 Å². The summed E-state index contributed by atoms with van der Waals surface area (Å²) in [5, 5.41) is 10.8. The highest BCUT2D eigenvalue weighted by Gasteiger charge is 2.13. The quantitative estimate of drug-likeness (QED) is 0.569. The number of aromatic nitrogens is 1. The molecule has 136 valence electrons. The van der Waals surface area contributed by atoms with Gasteiger partial charge in [-0.25, -0.2) is 4.99 Å².